The van der Waals surface area contributed by atoms with E-state index in [9.17, 15) is 5.11 Å². The Morgan fingerprint density at radius 2 is 2.03 bits per heavy atom. The summed E-state index contributed by atoms with van der Waals surface area (Å²) in [6, 6.07) is 8.26. The van der Waals surface area contributed by atoms with E-state index >= 15 is 0 Å². The van der Waals surface area contributed by atoms with Crippen LogP contribution < -0.4 is 19.7 Å². The fraction of sp³-hybridized carbons (Fsp3) is 0.393. The molecule has 2 aliphatic heterocycles. The van der Waals surface area contributed by atoms with Crippen LogP contribution in [-0.4, -0.2) is 81.9 Å². The SMILES string of the molecule is COc1cc(Nc2nc(-c3cnc4c(c3)CCCO4)cn3ccnc23)ccc1N1CCN(C[C@H](C)O)CC1. The molecular weight excluding hydrogens is 482 g/mol. The maximum atomic E-state index is 9.70. The summed E-state index contributed by atoms with van der Waals surface area (Å²) in [5, 5.41) is 13.2. The number of β-amino-alcohol motifs (C(OH)–C–C–N with tert-alkyl or cyclic N) is 1. The molecule has 0 amide bonds. The Hall–Kier alpha value is -3.89. The summed E-state index contributed by atoms with van der Waals surface area (Å²) in [4.78, 5) is 18.6. The fourth-order valence-electron chi connectivity index (χ4n) is 5.23. The molecule has 198 valence electrons. The molecule has 10 heteroatoms. The summed E-state index contributed by atoms with van der Waals surface area (Å²) in [7, 11) is 1.70. The van der Waals surface area contributed by atoms with Crippen LogP contribution in [0.5, 0.6) is 11.6 Å². The molecule has 3 aromatic heterocycles. The number of imidazole rings is 1. The molecule has 0 aliphatic carbocycles. The van der Waals surface area contributed by atoms with Crippen molar-refractivity contribution in [3.63, 3.8) is 0 Å². The van der Waals surface area contributed by atoms with Crippen LogP contribution >= 0.6 is 0 Å². The van der Waals surface area contributed by atoms with Crippen LogP contribution in [-0.2, 0) is 6.42 Å². The molecule has 6 rings (SSSR count). The number of piperazine rings is 1. The summed E-state index contributed by atoms with van der Waals surface area (Å²) in [5.41, 5.74) is 5.52. The molecule has 38 heavy (non-hydrogen) atoms. The number of aliphatic hydroxyl groups excluding tert-OH is 1. The van der Waals surface area contributed by atoms with Crippen LogP contribution in [0.3, 0.4) is 0 Å². The standard InChI is InChI=1S/C28H33N7O3/c1-19(36)17-33-9-11-34(12-10-33)24-6-5-22(15-25(24)37-2)31-26-27-29-7-8-35(27)18-23(32-26)21-14-20-4-3-13-38-28(20)30-16-21/h5-8,14-16,18-19,36H,3-4,9-13,17H2,1-2H3,(H,31,32)/t19-/m0/s1. The molecule has 1 saturated heterocycles. The van der Waals surface area contributed by atoms with Crippen LogP contribution in [0.4, 0.5) is 17.2 Å². The van der Waals surface area contributed by atoms with Gasteiger partial charge in [-0.05, 0) is 38.0 Å². The number of aryl methyl sites for hydroxylation is 1. The first kappa shape index (κ1) is 24.4. The lowest BCUT2D eigenvalue weighted by Crippen LogP contribution is -2.48. The molecule has 2 N–H and O–H groups in total. The van der Waals surface area contributed by atoms with Crippen molar-refractivity contribution in [2.24, 2.45) is 0 Å². The summed E-state index contributed by atoms with van der Waals surface area (Å²) in [6.07, 6.45) is 9.12. The van der Waals surface area contributed by atoms with Crippen molar-refractivity contribution in [2.45, 2.75) is 25.9 Å². The number of nitrogens with zero attached hydrogens (tertiary/aromatic N) is 6. The third-order valence-electron chi connectivity index (χ3n) is 7.10. The molecule has 0 radical (unpaired) electrons. The summed E-state index contributed by atoms with van der Waals surface area (Å²) in [6.45, 7) is 6.84. The van der Waals surface area contributed by atoms with Crippen molar-refractivity contribution in [3.05, 3.63) is 54.6 Å². The minimum Gasteiger partial charge on any atom is -0.495 e. The van der Waals surface area contributed by atoms with E-state index in [0.717, 1.165) is 84.5 Å². The van der Waals surface area contributed by atoms with E-state index in [1.165, 1.54) is 0 Å². The number of pyridine rings is 1. The Labute approximate surface area is 221 Å². The largest absolute Gasteiger partial charge is 0.495 e. The normalized spacial score (nSPS) is 16.7. The average molecular weight is 516 g/mol. The van der Waals surface area contributed by atoms with E-state index < -0.39 is 0 Å². The monoisotopic (exact) mass is 515 g/mol. The first-order valence-electron chi connectivity index (χ1n) is 13.1. The van der Waals surface area contributed by atoms with Crippen LogP contribution in [0.15, 0.2) is 49.1 Å². The topological polar surface area (TPSA) is 100 Å². The van der Waals surface area contributed by atoms with Crippen molar-refractivity contribution in [1.82, 2.24) is 24.3 Å². The Kier molecular flexibility index (Phi) is 6.73. The number of aromatic nitrogens is 4. The zero-order valence-corrected chi connectivity index (χ0v) is 21.8. The maximum Gasteiger partial charge on any atom is 0.216 e. The highest BCUT2D eigenvalue weighted by Crippen LogP contribution is 2.34. The van der Waals surface area contributed by atoms with E-state index in [1.54, 1.807) is 13.3 Å². The summed E-state index contributed by atoms with van der Waals surface area (Å²) < 4.78 is 13.4. The van der Waals surface area contributed by atoms with Gasteiger partial charge in [-0.1, -0.05) is 0 Å². The van der Waals surface area contributed by atoms with Gasteiger partial charge in [-0.25, -0.2) is 15.0 Å². The zero-order chi connectivity index (χ0) is 26.1. The van der Waals surface area contributed by atoms with Gasteiger partial charge in [0.05, 0.1) is 31.2 Å². The summed E-state index contributed by atoms with van der Waals surface area (Å²) in [5.74, 6) is 2.18. The molecule has 4 aromatic rings. The number of aliphatic hydroxyl groups is 1. The number of benzene rings is 1. The zero-order valence-electron chi connectivity index (χ0n) is 21.8. The lowest BCUT2D eigenvalue weighted by Gasteiger charge is -2.37. The molecule has 0 bridgehead atoms. The molecule has 5 heterocycles. The average Bonchev–Trinajstić information content (AvgIpc) is 3.42. The van der Waals surface area contributed by atoms with Gasteiger partial charge < -0.3 is 29.2 Å². The highest BCUT2D eigenvalue weighted by molar-refractivity contribution is 5.76. The summed E-state index contributed by atoms with van der Waals surface area (Å²) >= 11 is 0. The maximum absolute atomic E-state index is 9.70. The second-order valence-corrected chi connectivity index (χ2v) is 9.92. The van der Waals surface area contributed by atoms with Gasteiger partial charge >= 0.3 is 0 Å². The predicted molar refractivity (Wildman–Crippen MR) is 147 cm³/mol. The van der Waals surface area contributed by atoms with E-state index in [1.807, 2.05) is 42.0 Å². The molecule has 0 unspecified atom stereocenters. The molecule has 1 aromatic carbocycles. The van der Waals surface area contributed by atoms with Gasteiger partial charge in [-0.3, -0.25) is 4.90 Å². The van der Waals surface area contributed by atoms with Crippen LogP contribution in [0.25, 0.3) is 16.9 Å². The van der Waals surface area contributed by atoms with Gasteiger partial charge in [0.2, 0.25) is 5.88 Å². The quantitative estimate of drug-likeness (QED) is 0.384. The second kappa shape index (κ2) is 10.5. The number of rotatable bonds is 7. The van der Waals surface area contributed by atoms with Crippen molar-refractivity contribution >= 4 is 22.8 Å². The molecule has 2 aliphatic rings. The lowest BCUT2D eigenvalue weighted by atomic mass is 10.1. The number of ether oxygens (including phenoxy) is 2. The number of fused-ring (bicyclic) bond motifs is 2. The minimum absolute atomic E-state index is 0.312. The number of hydrogen-bond donors (Lipinski definition) is 2. The first-order chi connectivity index (χ1) is 18.6. The molecular formula is C28H33N7O3. The van der Waals surface area contributed by atoms with Crippen molar-refractivity contribution in [3.8, 4) is 22.9 Å². The Morgan fingerprint density at radius 1 is 1.16 bits per heavy atom. The van der Waals surface area contributed by atoms with Gasteiger partial charge in [-0.15, -0.1) is 0 Å². The third kappa shape index (κ3) is 4.97. The van der Waals surface area contributed by atoms with E-state index in [4.69, 9.17) is 14.5 Å². The minimum atomic E-state index is -0.312. The Morgan fingerprint density at radius 3 is 2.84 bits per heavy atom. The van der Waals surface area contributed by atoms with Gasteiger partial charge in [0.25, 0.3) is 0 Å². The van der Waals surface area contributed by atoms with Gasteiger partial charge in [0.15, 0.2) is 11.5 Å². The number of methoxy groups -OCH3 is 1. The number of nitrogens with one attached hydrogen (secondary N) is 1. The van der Waals surface area contributed by atoms with E-state index in [0.29, 0.717) is 19.0 Å². The predicted octanol–water partition coefficient (Wildman–Crippen LogP) is 3.37. The van der Waals surface area contributed by atoms with Crippen molar-refractivity contribution < 1.29 is 14.6 Å². The Bertz CT molecular complexity index is 1430. The van der Waals surface area contributed by atoms with Crippen LogP contribution in [0, 0.1) is 0 Å². The molecule has 1 fully saturated rings. The highest BCUT2D eigenvalue weighted by Gasteiger charge is 2.21. The molecule has 0 spiro atoms. The third-order valence-corrected chi connectivity index (χ3v) is 7.10. The molecule has 0 saturated carbocycles. The Balaban J connectivity index is 1.26. The van der Waals surface area contributed by atoms with Gasteiger partial charge in [0, 0.05) is 80.4 Å². The smallest absolute Gasteiger partial charge is 0.216 e. The fourth-order valence-corrected chi connectivity index (χ4v) is 5.23. The first-order valence-corrected chi connectivity index (χ1v) is 13.1. The highest BCUT2D eigenvalue weighted by atomic mass is 16.5. The van der Waals surface area contributed by atoms with Crippen molar-refractivity contribution in [1.29, 1.82) is 0 Å². The van der Waals surface area contributed by atoms with Gasteiger partial charge in [-0.2, -0.15) is 0 Å². The lowest BCUT2D eigenvalue weighted by molar-refractivity contribution is 0.122. The number of hydrogen-bond acceptors (Lipinski definition) is 9. The van der Waals surface area contributed by atoms with Crippen LogP contribution in [0.2, 0.25) is 0 Å². The van der Waals surface area contributed by atoms with E-state index in [2.05, 4.69) is 37.2 Å². The molecule has 10 nitrogen and oxygen atoms in total. The van der Waals surface area contributed by atoms with E-state index in [-0.39, 0.29) is 6.10 Å². The molecule has 1 atom stereocenters. The van der Waals surface area contributed by atoms with Gasteiger partial charge in [0.1, 0.15) is 5.75 Å². The number of anilines is 3. The van der Waals surface area contributed by atoms with Crippen molar-refractivity contribution in [2.75, 3.05) is 56.7 Å². The van der Waals surface area contributed by atoms with Crippen LogP contribution in [0.1, 0.15) is 18.9 Å². The second-order valence-electron chi connectivity index (χ2n) is 9.92.